The van der Waals surface area contributed by atoms with E-state index in [2.05, 4.69) is 17.2 Å². The molecular formula is C12H13FN2O. The van der Waals surface area contributed by atoms with Crippen molar-refractivity contribution < 1.29 is 9.18 Å². The van der Waals surface area contributed by atoms with Gasteiger partial charge in [-0.05, 0) is 38.1 Å². The predicted molar refractivity (Wildman–Crippen MR) is 60.1 cm³/mol. The van der Waals surface area contributed by atoms with Gasteiger partial charge in [-0.1, -0.05) is 11.8 Å². The summed E-state index contributed by atoms with van der Waals surface area (Å²) in [6, 6.07) is 5.18. The Kier molecular flexibility index (Phi) is 3.51. The summed E-state index contributed by atoms with van der Waals surface area (Å²) < 4.78 is 12.6. The first-order valence-corrected chi connectivity index (χ1v) is 4.75. The number of carbonyl (C=O) groups excluding carboxylic acids is 1. The van der Waals surface area contributed by atoms with Crippen molar-refractivity contribution in [2.75, 3.05) is 0 Å². The third-order valence-corrected chi connectivity index (χ3v) is 1.80. The zero-order valence-electron chi connectivity index (χ0n) is 9.17. The van der Waals surface area contributed by atoms with Crippen molar-refractivity contribution in [2.45, 2.75) is 19.4 Å². The first-order chi connectivity index (χ1) is 7.39. The number of carbonyl (C=O) groups is 1. The minimum atomic E-state index is -0.708. The van der Waals surface area contributed by atoms with E-state index in [4.69, 9.17) is 5.73 Å². The van der Waals surface area contributed by atoms with Crippen molar-refractivity contribution in [2.24, 2.45) is 5.73 Å². The standard InChI is InChI=1S/C12H13FN2O/c1-12(2,15-11(14)16)8-7-9-3-5-10(13)6-4-9/h3-6H,1-2H3,(H3,14,15,16). The van der Waals surface area contributed by atoms with Crippen LogP contribution in [-0.4, -0.2) is 11.6 Å². The Morgan fingerprint density at radius 2 is 1.94 bits per heavy atom. The van der Waals surface area contributed by atoms with Gasteiger partial charge in [0.1, 0.15) is 5.82 Å². The Morgan fingerprint density at radius 3 is 2.44 bits per heavy atom. The molecule has 0 saturated carbocycles. The maximum atomic E-state index is 12.6. The summed E-state index contributed by atoms with van der Waals surface area (Å²) in [7, 11) is 0. The fourth-order valence-corrected chi connectivity index (χ4v) is 1.10. The minimum absolute atomic E-state index is 0.305. The molecule has 0 spiro atoms. The van der Waals surface area contributed by atoms with Crippen molar-refractivity contribution in [3.63, 3.8) is 0 Å². The number of amides is 2. The molecule has 1 aromatic rings. The monoisotopic (exact) mass is 220 g/mol. The molecule has 0 heterocycles. The van der Waals surface area contributed by atoms with Gasteiger partial charge in [-0.2, -0.15) is 0 Å². The van der Waals surface area contributed by atoms with Gasteiger partial charge in [0, 0.05) is 5.56 Å². The molecule has 3 nitrogen and oxygen atoms in total. The lowest BCUT2D eigenvalue weighted by Gasteiger charge is -2.17. The average molecular weight is 220 g/mol. The average Bonchev–Trinajstić information content (AvgIpc) is 2.15. The molecule has 0 aromatic heterocycles. The number of urea groups is 1. The molecule has 84 valence electrons. The van der Waals surface area contributed by atoms with Crippen LogP contribution in [0.3, 0.4) is 0 Å². The van der Waals surface area contributed by atoms with E-state index >= 15 is 0 Å². The fraction of sp³-hybridized carbons (Fsp3) is 0.250. The number of nitrogens with one attached hydrogen (secondary N) is 1. The Bertz CT molecular complexity index is 440. The van der Waals surface area contributed by atoms with E-state index in [1.807, 2.05) is 0 Å². The molecule has 3 N–H and O–H groups in total. The second kappa shape index (κ2) is 4.67. The van der Waals surface area contributed by atoms with E-state index in [0.717, 1.165) is 0 Å². The highest BCUT2D eigenvalue weighted by Crippen LogP contribution is 2.03. The molecule has 0 fully saturated rings. The highest BCUT2D eigenvalue weighted by Gasteiger charge is 2.14. The van der Waals surface area contributed by atoms with Crippen molar-refractivity contribution in [1.82, 2.24) is 5.32 Å². The molecule has 0 saturated heterocycles. The molecule has 1 rings (SSSR count). The second-order valence-corrected chi connectivity index (χ2v) is 3.87. The molecule has 0 radical (unpaired) electrons. The van der Waals surface area contributed by atoms with Gasteiger partial charge in [0.05, 0.1) is 5.54 Å². The van der Waals surface area contributed by atoms with Gasteiger partial charge in [0.25, 0.3) is 0 Å². The zero-order chi connectivity index (χ0) is 12.2. The number of benzene rings is 1. The maximum absolute atomic E-state index is 12.6. The van der Waals surface area contributed by atoms with Crippen LogP contribution < -0.4 is 11.1 Å². The SMILES string of the molecule is CC(C)(C#Cc1ccc(F)cc1)NC(N)=O. The third kappa shape index (κ3) is 4.01. The van der Waals surface area contributed by atoms with Gasteiger partial charge in [0.15, 0.2) is 0 Å². The molecule has 0 atom stereocenters. The van der Waals surface area contributed by atoms with Crippen LogP contribution in [-0.2, 0) is 0 Å². The van der Waals surface area contributed by atoms with Crippen LogP contribution in [0.1, 0.15) is 19.4 Å². The van der Waals surface area contributed by atoms with Crippen molar-refractivity contribution in [1.29, 1.82) is 0 Å². The van der Waals surface area contributed by atoms with E-state index in [9.17, 15) is 9.18 Å². The van der Waals surface area contributed by atoms with Crippen molar-refractivity contribution >= 4 is 6.03 Å². The van der Waals surface area contributed by atoms with Gasteiger partial charge in [-0.3, -0.25) is 0 Å². The first kappa shape index (κ1) is 12.1. The molecule has 0 unspecified atom stereocenters. The Hall–Kier alpha value is -2.02. The minimum Gasteiger partial charge on any atom is -0.352 e. The predicted octanol–water partition coefficient (Wildman–Crippen LogP) is 1.62. The lowest BCUT2D eigenvalue weighted by Crippen LogP contribution is -2.45. The highest BCUT2D eigenvalue weighted by molar-refractivity contribution is 5.73. The van der Waals surface area contributed by atoms with E-state index in [0.29, 0.717) is 5.56 Å². The summed E-state index contributed by atoms with van der Waals surface area (Å²) in [6.45, 7) is 3.46. The molecule has 0 aliphatic rings. The maximum Gasteiger partial charge on any atom is 0.313 e. The summed E-state index contributed by atoms with van der Waals surface area (Å²) in [5, 5.41) is 2.49. The van der Waals surface area contributed by atoms with Crippen LogP contribution in [0.5, 0.6) is 0 Å². The molecule has 0 bridgehead atoms. The third-order valence-electron chi connectivity index (χ3n) is 1.80. The Morgan fingerprint density at radius 1 is 1.38 bits per heavy atom. The summed E-state index contributed by atoms with van der Waals surface area (Å²) in [4.78, 5) is 10.7. The smallest absolute Gasteiger partial charge is 0.313 e. The highest BCUT2D eigenvalue weighted by atomic mass is 19.1. The van der Waals surface area contributed by atoms with E-state index < -0.39 is 11.6 Å². The first-order valence-electron chi connectivity index (χ1n) is 4.75. The number of primary amides is 1. The fourth-order valence-electron chi connectivity index (χ4n) is 1.10. The number of nitrogens with two attached hydrogens (primary N) is 1. The lowest BCUT2D eigenvalue weighted by molar-refractivity contribution is 0.243. The van der Waals surface area contributed by atoms with Gasteiger partial charge >= 0.3 is 6.03 Å². The molecule has 0 aliphatic heterocycles. The van der Waals surface area contributed by atoms with Gasteiger partial charge < -0.3 is 11.1 Å². The van der Waals surface area contributed by atoms with Crippen molar-refractivity contribution in [3.8, 4) is 11.8 Å². The largest absolute Gasteiger partial charge is 0.352 e. The van der Waals surface area contributed by atoms with E-state index in [-0.39, 0.29) is 5.82 Å². The van der Waals surface area contributed by atoms with Crippen molar-refractivity contribution in [3.05, 3.63) is 35.6 Å². The molecule has 0 aliphatic carbocycles. The van der Waals surface area contributed by atoms with Crippen LogP contribution in [0, 0.1) is 17.7 Å². The quantitative estimate of drug-likeness (QED) is 0.694. The van der Waals surface area contributed by atoms with Crippen LogP contribution in [0.2, 0.25) is 0 Å². The summed E-state index contributed by atoms with van der Waals surface area (Å²) >= 11 is 0. The number of halogens is 1. The number of hydrogen-bond acceptors (Lipinski definition) is 1. The van der Waals surface area contributed by atoms with Crippen LogP contribution in [0.4, 0.5) is 9.18 Å². The summed E-state index contributed by atoms with van der Waals surface area (Å²) in [5.41, 5.74) is 4.97. The zero-order valence-corrected chi connectivity index (χ0v) is 9.17. The van der Waals surface area contributed by atoms with Gasteiger partial charge in [0.2, 0.25) is 0 Å². The van der Waals surface area contributed by atoms with Crippen LogP contribution >= 0.6 is 0 Å². The topological polar surface area (TPSA) is 55.1 Å². The van der Waals surface area contributed by atoms with Gasteiger partial charge in [-0.25, -0.2) is 9.18 Å². The Labute approximate surface area is 93.8 Å². The van der Waals surface area contributed by atoms with Crippen LogP contribution in [0.25, 0.3) is 0 Å². The Balaban J connectivity index is 2.80. The lowest BCUT2D eigenvalue weighted by atomic mass is 10.1. The molecule has 16 heavy (non-hydrogen) atoms. The van der Waals surface area contributed by atoms with Crippen LogP contribution in [0.15, 0.2) is 24.3 Å². The number of rotatable bonds is 1. The summed E-state index contributed by atoms with van der Waals surface area (Å²) in [5.74, 6) is 5.37. The number of hydrogen-bond donors (Lipinski definition) is 2. The van der Waals surface area contributed by atoms with E-state index in [1.54, 1.807) is 26.0 Å². The van der Waals surface area contributed by atoms with Gasteiger partial charge in [-0.15, -0.1) is 0 Å². The summed E-state index contributed by atoms with van der Waals surface area (Å²) in [6.07, 6.45) is 0. The normalized spacial score (nSPS) is 10.2. The second-order valence-electron chi connectivity index (χ2n) is 3.87. The molecule has 1 aromatic carbocycles. The molecule has 2 amide bonds. The molecular weight excluding hydrogens is 207 g/mol. The molecule has 4 heteroatoms. The van der Waals surface area contributed by atoms with E-state index in [1.165, 1.54) is 12.1 Å².